The van der Waals surface area contributed by atoms with Gasteiger partial charge in [-0.05, 0) is 25.5 Å². The molecule has 1 N–H and O–H groups in total. The van der Waals surface area contributed by atoms with Crippen molar-refractivity contribution in [2.75, 3.05) is 25.9 Å². The van der Waals surface area contributed by atoms with Gasteiger partial charge in [-0.3, -0.25) is 0 Å². The molecule has 6 heteroatoms. The van der Waals surface area contributed by atoms with Crippen molar-refractivity contribution >= 4 is 10.0 Å². The van der Waals surface area contributed by atoms with Gasteiger partial charge in [0.15, 0.2) is 0 Å². The van der Waals surface area contributed by atoms with Crippen LogP contribution in [0.1, 0.15) is 38.3 Å². The van der Waals surface area contributed by atoms with Crippen LogP contribution in [0.5, 0.6) is 0 Å². The SMILES string of the molecule is CCC(NCCCN(CC)S(C)(=O)=O)c1ccccc1F. The van der Waals surface area contributed by atoms with E-state index >= 15 is 0 Å². The molecule has 0 bridgehead atoms. The van der Waals surface area contributed by atoms with Crippen molar-refractivity contribution in [3.05, 3.63) is 35.6 Å². The number of benzene rings is 1. The maximum atomic E-state index is 13.7. The van der Waals surface area contributed by atoms with Gasteiger partial charge in [0.1, 0.15) is 5.82 Å². The molecule has 21 heavy (non-hydrogen) atoms. The quantitative estimate of drug-likeness (QED) is 0.712. The van der Waals surface area contributed by atoms with Crippen LogP contribution in [-0.4, -0.2) is 38.6 Å². The monoisotopic (exact) mass is 316 g/mol. The molecular formula is C15H25FN2O2S. The Hall–Kier alpha value is -0.980. The number of hydrogen-bond acceptors (Lipinski definition) is 3. The minimum Gasteiger partial charge on any atom is -0.310 e. The maximum absolute atomic E-state index is 13.7. The van der Waals surface area contributed by atoms with E-state index in [9.17, 15) is 12.8 Å². The lowest BCUT2D eigenvalue weighted by molar-refractivity contribution is 0.406. The van der Waals surface area contributed by atoms with Gasteiger partial charge in [0.2, 0.25) is 10.0 Å². The molecule has 1 aromatic rings. The van der Waals surface area contributed by atoms with E-state index in [0.717, 1.165) is 6.42 Å². The average Bonchev–Trinajstić information content (AvgIpc) is 2.43. The first-order chi connectivity index (χ1) is 9.90. The fourth-order valence-electron chi connectivity index (χ4n) is 2.32. The largest absolute Gasteiger partial charge is 0.310 e. The van der Waals surface area contributed by atoms with E-state index in [-0.39, 0.29) is 11.9 Å². The second-order valence-corrected chi connectivity index (χ2v) is 7.03. The molecule has 0 amide bonds. The summed E-state index contributed by atoms with van der Waals surface area (Å²) in [7, 11) is -3.13. The summed E-state index contributed by atoms with van der Waals surface area (Å²) in [6, 6.07) is 6.70. The highest BCUT2D eigenvalue weighted by molar-refractivity contribution is 7.88. The van der Waals surface area contributed by atoms with Gasteiger partial charge in [-0.25, -0.2) is 17.1 Å². The summed E-state index contributed by atoms with van der Waals surface area (Å²) in [5, 5.41) is 3.30. The van der Waals surface area contributed by atoms with Crippen molar-refractivity contribution in [2.24, 2.45) is 0 Å². The van der Waals surface area contributed by atoms with Crippen LogP contribution in [0.3, 0.4) is 0 Å². The van der Waals surface area contributed by atoms with Crippen molar-refractivity contribution in [3.8, 4) is 0 Å². The smallest absolute Gasteiger partial charge is 0.211 e. The van der Waals surface area contributed by atoms with Crippen LogP contribution in [0, 0.1) is 5.82 Å². The molecule has 4 nitrogen and oxygen atoms in total. The summed E-state index contributed by atoms with van der Waals surface area (Å²) >= 11 is 0. The highest BCUT2D eigenvalue weighted by Gasteiger charge is 2.15. The zero-order valence-electron chi connectivity index (χ0n) is 13.0. The number of sulfonamides is 1. The number of hydrogen-bond donors (Lipinski definition) is 1. The topological polar surface area (TPSA) is 49.4 Å². The van der Waals surface area contributed by atoms with Crippen LogP contribution in [0.15, 0.2) is 24.3 Å². The van der Waals surface area contributed by atoms with Gasteiger partial charge in [0.25, 0.3) is 0 Å². The Morgan fingerprint density at radius 1 is 1.29 bits per heavy atom. The third kappa shape index (κ3) is 5.73. The summed E-state index contributed by atoms with van der Waals surface area (Å²) in [5.74, 6) is -0.205. The number of halogens is 1. The predicted octanol–water partition coefficient (Wildman–Crippen LogP) is 2.54. The summed E-state index contributed by atoms with van der Waals surface area (Å²) in [4.78, 5) is 0. The minimum absolute atomic E-state index is 0.0421. The van der Waals surface area contributed by atoms with Gasteiger partial charge < -0.3 is 5.32 Å². The van der Waals surface area contributed by atoms with Crippen LogP contribution in [-0.2, 0) is 10.0 Å². The number of nitrogens with zero attached hydrogens (tertiary/aromatic N) is 1. The van der Waals surface area contributed by atoms with E-state index in [1.165, 1.54) is 16.6 Å². The first kappa shape index (κ1) is 18.1. The molecule has 0 radical (unpaired) electrons. The zero-order chi connectivity index (χ0) is 15.9. The van der Waals surface area contributed by atoms with Crippen molar-refractivity contribution in [2.45, 2.75) is 32.7 Å². The molecular weight excluding hydrogens is 291 g/mol. The second kappa shape index (κ2) is 8.46. The molecule has 0 saturated carbocycles. The van der Waals surface area contributed by atoms with Gasteiger partial charge >= 0.3 is 0 Å². The van der Waals surface area contributed by atoms with E-state index in [4.69, 9.17) is 0 Å². The lowest BCUT2D eigenvalue weighted by atomic mass is 10.0. The molecule has 0 aliphatic carbocycles. The predicted molar refractivity (Wildman–Crippen MR) is 84.1 cm³/mol. The summed E-state index contributed by atoms with van der Waals surface area (Å²) in [5.41, 5.74) is 0.662. The van der Waals surface area contributed by atoms with Crippen molar-refractivity contribution < 1.29 is 12.8 Å². The zero-order valence-corrected chi connectivity index (χ0v) is 13.8. The minimum atomic E-state index is -3.13. The van der Waals surface area contributed by atoms with Crippen LogP contribution in [0.2, 0.25) is 0 Å². The van der Waals surface area contributed by atoms with E-state index in [1.54, 1.807) is 12.1 Å². The van der Waals surface area contributed by atoms with Crippen LogP contribution >= 0.6 is 0 Å². The summed E-state index contributed by atoms with van der Waals surface area (Å²) < 4.78 is 38.1. The van der Waals surface area contributed by atoms with Gasteiger partial charge in [-0.15, -0.1) is 0 Å². The highest BCUT2D eigenvalue weighted by atomic mass is 32.2. The van der Waals surface area contributed by atoms with Crippen molar-refractivity contribution in [1.82, 2.24) is 9.62 Å². The van der Waals surface area contributed by atoms with E-state index < -0.39 is 10.0 Å². The average molecular weight is 316 g/mol. The molecule has 1 rings (SSSR count). The molecule has 1 aromatic carbocycles. The Kier molecular flexibility index (Phi) is 7.28. The Bertz CT molecular complexity index is 534. The lowest BCUT2D eigenvalue weighted by Crippen LogP contribution is -2.33. The van der Waals surface area contributed by atoms with Crippen molar-refractivity contribution in [1.29, 1.82) is 0 Å². The molecule has 0 saturated heterocycles. The molecule has 0 aliphatic heterocycles. The lowest BCUT2D eigenvalue weighted by Gasteiger charge is -2.20. The highest BCUT2D eigenvalue weighted by Crippen LogP contribution is 2.19. The molecule has 0 heterocycles. The van der Waals surface area contributed by atoms with Crippen molar-refractivity contribution in [3.63, 3.8) is 0 Å². The number of nitrogens with one attached hydrogen (secondary N) is 1. The van der Waals surface area contributed by atoms with Gasteiger partial charge in [-0.2, -0.15) is 0 Å². The standard InChI is InChI=1S/C15H25FN2O2S/c1-4-15(13-9-6-7-10-14(13)16)17-11-8-12-18(5-2)21(3,19)20/h6-7,9-10,15,17H,4-5,8,11-12H2,1-3H3. The number of rotatable bonds is 9. The molecule has 0 aromatic heterocycles. The third-order valence-corrected chi connectivity index (χ3v) is 4.86. The van der Waals surface area contributed by atoms with E-state index in [1.807, 2.05) is 19.9 Å². The Morgan fingerprint density at radius 2 is 1.95 bits per heavy atom. The Morgan fingerprint density at radius 3 is 2.48 bits per heavy atom. The summed E-state index contributed by atoms with van der Waals surface area (Å²) in [6.45, 7) is 5.43. The molecule has 1 atom stereocenters. The fraction of sp³-hybridized carbons (Fsp3) is 0.600. The van der Waals surface area contributed by atoms with Crippen LogP contribution in [0.4, 0.5) is 4.39 Å². The molecule has 0 aliphatic rings. The summed E-state index contributed by atoms with van der Waals surface area (Å²) in [6.07, 6.45) is 2.70. The van der Waals surface area contributed by atoms with E-state index in [2.05, 4.69) is 5.32 Å². The first-order valence-corrected chi connectivity index (χ1v) is 9.17. The molecule has 1 unspecified atom stereocenters. The van der Waals surface area contributed by atoms with Crippen LogP contribution < -0.4 is 5.32 Å². The normalized spacial score (nSPS) is 13.6. The fourth-order valence-corrected chi connectivity index (χ4v) is 3.25. The van der Waals surface area contributed by atoms with Gasteiger partial charge in [0.05, 0.1) is 6.26 Å². The van der Waals surface area contributed by atoms with Gasteiger partial charge in [0, 0.05) is 24.7 Å². The molecule has 120 valence electrons. The van der Waals surface area contributed by atoms with Crippen LogP contribution in [0.25, 0.3) is 0 Å². The van der Waals surface area contributed by atoms with E-state index in [0.29, 0.717) is 31.6 Å². The third-order valence-electron chi connectivity index (χ3n) is 3.49. The maximum Gasteiger partial charge on any atom is 0.211 e. The molecule has 0 fully saturated rings. The van der Waals surface area contributed by atoms with Gasteiger partial charge in [-0.1, -0.05) is 32.0 Å². The second-order valence-electron chi connectivity index (χ2n) is 5.04. The molecule has 0 spiro atoms. The Labute approximate surface area is 127 Å². The Balaban J connectivity index is 2.49. The first-order valence-electron chi connectivity index (χ1n) is 7.33.